The van der Waals surface area contributed by atoms with Gasteiger partial charge in [0.25, 0.3) is 0 Å². The van der Waals surface area contributed by atoms with Crippen LogP contribution in [0.4, 0.5) is 13.2 Å². The lowest BCUT2D eigenvalue weighted by Gasteiger charge is -2.44. The molecule has 0 aromatic rings. The third-order valence-corrected chi connectivity index (χ3v) is 4.88. The largest absolute Gasteiger partial charge is 0.401 e. The zero-order chi connectivity index (χ0) is 15.5. The van der Waals surface area contributed by atoms with Gasteiger partial charge in [-0.15, -0.1) is 0 Å². The predicted octanol–water partition coefficient (Wildman–Crippen LogP) is 2.54. The summed E-state index contributed by atoms with van der Waals surface area (Å²) < 4.78 is 37.2. The van der Waals surface area contributed by atoms with Crippen molar-refractivity contribution in [3.8, 4) is 0 Å². The summed E-state index contributed by atoms with van der Waals surface area (Å²) in [5.74, 6) is 0.0615. The zero-order valence-electron chi connectivity index (χ0n) is 12.7. The van der Waals surface area contributed by atoms with Gasteiger partial charge in [-0.1, -0.05) is 19.3 Å². The molecule has 0 aromatic heterocycles. The highest BCUT2D eigenvalue weighted by Crippen LogP contribution is 2.28. The molecule has 0 radical (unpaired) electrons. The highest BCUT2D eigenvalue weighted by atomic mass is 19.4. The Hall–Kier alpha value is -0.330. The van der Waals surface area contributed by atoms with Gasteiger partial charge >= 0.3 is 6.18 Å². The van der Waals surface area contributed by atoms with Crippen LogP contribution in [0.25, 0.3) is 0 Å². The Bertz CT molecular complexity index is 317. The van der Waals surface area contributed by atoms with Crippen LogP contribution >= 0.6 is 0 Å². The molecule has 3 unspecified atom stereocenters. The van der Waals surface area contributed by atoms with Crippen molar-refractivity contribution in [2.75, 3.05) is 19.6 Å². The van der Waals surface area contributed by atoms with E-state index in [2.05, 4.69) is 10.2 Å². The van der Waals surface area contributed by atoms with Gasteiger partial charge in [-0.05, 0) is 32.1 Å². The molecule has 0 bridgehead atoms. The van der Waals surface area contributed by atoms with Crippen LogP contribution in [-0.2, 0) is 0 Å². The average Bonchev–Trinajstić information content (AvgIpc) is 2.45. The number of hydrogen-bond acceptors (Lipinski definition) is 3. The first-order chi connectivity index (χ1) is 9.85. The topological polar surface area (TPSA) is 35.5 Å². The van der Waals surface area contributed by atoms with E-state index in [1.807, 2.05) is 0 Å². The molecule has 2 rings (SSSR count). The number of hydrogen-bond donors (Lipinski definition) is 2. The summed E-state index contributed by atoms with van der Waals surface area (Å²) >= 11 is 0. The number of piperidine rings is 1. The second-order valence-electron chi connectivity index (χ2n) is 6.68. The molecule has 2 fully saturated rings. The van der Waals surface area contributed by atoms with Crippen molar-refractivity contribution in [2.45, 2.75) is 69.8 Å². The Kier molecular flexibility index (Phi) is 5.91. The molecule has 6 heteroatoms. The van der Waals surface area contributed by atoms with Crippen molar-refractivity contribution in [1.82, 2.24) is 10.2 Å². The quantitative estimate of drug-likeness (QED) is 0.838. The monoisotopic (exact) mass is 308 g/mol. The fourth-order valence-electron chi connectivity index (χ4n) is 3.68. The van der Waals surface area contributed by atoms with E-state index >= 15 is 0 Å². The van der Waals surface area contributed by atoms with Gasteiger partial charge in [0, 0.05) is 25.2 Å². The van der Waals surface area contributed by atoms with E-state index in [4.69, 9.17) is 0 Å². The number of nitrogens with one attached hydrogen (secondary N) is 1. The summed E-state index contributed by atoms with van der Waals surface area (Å²) in [5.41, 5.74) is 0. The maximum atomic E-state index is 12.4. The summed E-state index contributed by atoms with van der Waals surface area (Å²) in [7, 11) is 0. The van der Waals surface area contributed by atoms with E-state index < -0.39 is 18.8 Å². The normalized spacial score (nSPS) is 31.3. The third kappa shape index (κ3) is 5.42. The van der Waals surface area contributed by atoms with Crippen LogP contribution in [0.3, 0.4) is 0 Å². The number of nitrogens with zero attached hydrogens (tertiary/aromatic N) is 1. The van der Waals surface area contributed by atoms with E-state index in [-0.39, 0.29) is 12.0 Å². The lowest BCUT2D eigenvalue weighted by atomic mass is 9.86. The fraction of sp³-hybridized carbons (Fsp3) is 1.00. The third-order valence-electron chi connectivity index (χ3n) is 4.88. The Morgan fingerprint density at radius 2 is 1.86 bits per heavy atom. The Labute approximate surface area is 124 Å². The molecule has 2 aliphatic rings. The Morgan fingerprint density at radius 3 is 2.43 bits per heavy atom. The van der Waals surface area contributed by atoms with Crippen LogP contribution < -0.4 is 5.32 Å². The molecule has 1 saturated carbocycles. The number of aliphatic hydroxyl groups is 1. The standard InChI is InChI=1S/C15H27F3N2O/c1-11(21)12-7-13(19-10-15(16,17)18)9-20(8-12)14-5-3-2-4-6-14/h11-14,19,21H,2-10H2,1H3. The minimum absolute atomic E-state index is 0.0615. The van der Waals surface area contributed by atoms with Gasteiger partial charge < -0.3 is 10.4 Å². The van der Waals surface area contributed by atoms with E-state index in [1.54, 1.807) is 6.92 Å². The minimum Gasteiger partial charge on any atom is -0.393 e. The van der Waals surface area contributed by atoms with Crippen molar-refractivity contribution >= 4 is 0 Å². The van der Waals surface area contributed by atoms with Crippen molar-refractivity contribution in [1.29, 1.82) is 0 Å². The van der Waals surface area contributed by atoms with Crippen LogP contribution in [0, 0.1) is 5.92 Å². The van der Waals surface area contributed by atoms with Crippen LogP contribution in [0.15, 0.2) is 0 Å². The highest BCUT2D eigenvalue weighted by molar-refractivity contribution is 4.89. The Balaban J connectivity index is 1.94. The van der Waals surface area contributed by atoms with E-state index in [1.165, 1.54) is 19.3 Å². The van der Waals surface area contributed by atoms with Gasteiger partial charge in [0.05, 0.1) is 12.6 Å². The number of likely N-dealkylation sites (tertiary alicyclic amines) is 1. The van der Waals surface area contributed by atoms with Crippen molar-refractivity contribution in [2.24, 2.45) is 5.92 Å². The summed E-state index contributed by atoms with van der Waals surface area (Å²) in [6.07, 6.45) is 1.94. The SMILES string of the molecule is CC(O)C1CC(NCC(F)(F)F)CN(C2CCCCC2)C1. The maximum absolute atomic E-state index is 12.4. The molecule has 0 spiro atoms. The maximum Gasteiger partial charge on any atom is 0.401 e. The molecule has 1 saturated heterocycles. The van der Waals surface area contributed by atoms with Crippen LogP contribution in [0.2, 0.25) is 0 Å². The molecule has 21 heavy (non-hydrogen) atoms. The fourth-order valence-corrected chi connectivity index (χ4v) is 3.68. The van der Waals surface area contributed by atoms with E-state index in [0.29, 0.717) is 19.0 Å². The van der Waals surface area contributed by atoms with Crippen molar-refractivity contribution in [3.05, 3.63) is 0 Å². The first-order valence-corrected chi connectivity index (χ1v) is 8.07. The molecular formula is C15H27F3N2O. The van der Waals surface area contributed by atoms with Crippen LogP contribution in [-0.4, -0.2) is 54.0 Å². The lowest BCUT2D eigenvalue weighted by Crippen LogP contribution is -2.55. The second kappa shape index (κ2) is 7.29. The average molecular weight is 308 g/mol. The van der Waals surface area contributed by atoms with Crippen LogP contribution in [0.5, 0.6) is 0 Å². The second-order valence-corrected chi connectivity index (χ2v) is 6.68. The van der Waals surface area contributed by atoms with Crippen molar-refractivity contribution in [3.63, 3.8) is 0 Å². The first-order valence-electron chi connectivity index (χ1n) is 8.07. The number of alkyl halides is 3. The molecule has 0 amide bonds. The van der Waals surface area contributed by atoms with Gasteiger partial charge in [-0.25, -0.2) is 0 Å². The summed E-state index contributed by atoms with van der Waals surface area (Å²) in [5, 5.41) is 12.5. The van der Waals surface area contributed by atoms with Gasteiger partial charge in [0.1, 0.15) is 0 Å². The summed E-state index contributed by atoms with van der Waals surface area (Å²) in [4.78, 5) is 2.31. The molecule has 124 valence electrons. The number of rotatable bonds is 4. The highest BCUT2D eigenvalue weighted by Gasteiger charge is 2.35. The first kappa shape index (κ1) is 17.0. The summed E-state index contributed by atoms with van der Waals surface area (Å²) in [6.45, 7) is 2.29. The Morgan fingerprint density at radius 1 is 1.19 bits per heavy atom. The molecule has 0 aromatic carbocycles. The molecule has 1 heterocycles. The van der Waals surface area contributed by atoms with Crippen LogP contribution in [0.1, 0.15) is 45.4 Å². The van der Waals surface area contributed by atoms with Gasteiger partial charge in [-0.2, -0.15) is 13.2 Å². The predicted molar refractivity (Wildman–Crippen MR) is 76.1 cm³/mol. The molecule has 3 nitrogen and oxygen atoms in total. The van der Waals surface area contributed by atoms with Gasteiger partial charge in [0.2, 0.25) is 0 Å². The molecule has 1 aliphatic heterocycles. The smallest absolute Gasteiger partial charge is 0.393 e. The van der Waals surface area contributed by atoms with Gasteiger partial charge in [-0.3, -0.25) is 4.90 Å². The zero-order valence-corrected chi connectivity index (χ0v) is 12.7. The molecule has 3 atom stereocenters. The molecule has 2 N–H and O–H groups in total. The lowest BCUT2D eigenvalue weighted by molar-refractivity contribution is -0.128. The van der Waals surface area contributed by atoms with E-state index in [9.17, 15) is 18.3 Å². The number of halogens is 3. The molecular weight excluding hydrogens is 281 g/mol. The van der Waals surface area contributed by atoms with E-state index in [0.717, 1.165) is 19.4 Å². The summed E-state index contributed by atoms with van der Waals surface area (Å²) in [6, 6.07) is 0.303. The van der Waals surface area contributed by atoms with Gasteiger partial charge in [0.15, 0.2) is 0 Å². The van der Waals surface area contributed by atoms with Crippen molar-refractivity contribution < 1.29 is 18.3 Å². The number of aliphatic hydroxyl groups excluding tert-OH is 1. The minimum atomic E-state index is -4.17. The molecule has 1 aliphatic carbocycles.